The normalized spacial score (nSPS) is 10.9. The summed E-state index contributed by atoms with van der Waals surface area (Å²) in [6.07, 6.45) is 4.97. The van der Waals surface area contributed by atoms with Crippen LogP contribution in [0.25, 0.3) is 22.4 Å². The maximum atomic E-state index is 13.1. The number of rotatable bonds is 4. The van der Waals surface area contributed by atoms with Crippen LogP contribution in [0, 0.1) is 0 Å². The summed E-state index contributed by atoms with van der Waals surface area (Å²) >= 11 is 0. The average molecular weight is 356 g/mol. The second-order valence-corrected chi connectivity index (χ2v) is 6.30. The van der Waals surface area contributed by atoms with Crippen molar-refractivity contribution >= 4 is 6.03 Å². The largest absolute Gasteiger partial charge is 0.369 e. The van der Waals surface area contributed by atoms with Crippen LogP contribution in [0.1, 0.15) is 19.0 Å². The Morgan fingerprint density at radius 2 is 1.59 bits per heavy atom. The van der Waals surface area contributed by atoms with Crippen molar-refractivity contribution in [1.29, 1.82) is 0 Å². The highest BCUT2D eigenvalue weighted by atomic mass is 16.2. The molecule has 2 aromatic heterocycles. The molecule has 2 heterocycles. The van der Waals surface area contributed by atoms with Gasteiger partial charge in [-0.15, -0.1) is 0 Å². The number of carbonyl (C=O) groups is 1. The minimum Gasteiger partial charge on any atom is -0.244 e. The molecular formula is C22H20N4O. The van der Waals surface area contributed by atoms with Crippen LogP contribution < -0.4 is 0 Å². The number of hydrogen-bond acceptors (Lipinski definition) is 3. The Hall–Kier alpha value is -3.47. The zero-order valence-electron chi connectivity index (χ0n) is 15.1. The van der Waals surface area contributed by atoms with Crippen molar-refractivity contribution < 1.29 is 4.79 Å². The molecule has 0 spiro atoms. The van der Waals surface area contributed by atoms with Gasteiger partial charge < -0.3 is 0 Å². The molecule has 0 amide bonds. The van der Waals surface area contributed by atoms with E-state index in [0.29, 0.717) is 0 Å². The molecule has 0 aliphatic heterocycles. The summed E-state index contributed by atoms with van der Waals surface area (Å²) in [6, 6.07) is 21.5. The third-order valence-electron chi connectivity index (χ3n) is 4.44. The molecule has 4 aromatic rings. The fraction of sp³-hybridized carbons (Fsp3) is 0.136. The summed E-state index contributed by atoms with van der Waals surface area (Å²) in [5, 5.41) is 8.81. The number of hydrogen-bond donors (Lipinski definition) is 0. The Bertz CT molecular complexity index is 1030. The van der Waals surface area contributed by atoms with Gasteiger partial charge in [-0.2, -0.15) is 19.6 Å². The lowest BCUT2D eigenvalue weighted by atomic mass is 9.97. The van der Waals surface area contributed by atoms with Crippen molar-refractivity contribution in [2.24, 2.45) is 0 Å². The predicted molar refractivity (Wildman–Crippen MR) is 106 cm³/mol. The first kappa shape index (κ1) is 17.0. The van der Waals surface area contributed by atoms with Crippen LogP contribution >= 0.6 is 0 Å². The average Bonchev–Trinajstić information content (AvgIpc) is 3.37. The van der Waals surface area contributed by atoms with E-state index in [4.69, 9.17) is 5.10 Å². The Kier molecular flexibility index (Phi) is 4.66. The van der Waals surface area contributed by atoms with Gasteiger partial charge in [0.25, 0.3) is 0 Å². The quantitative estimate of drug-likeness (QED) is 0.523. The summed E-state index contributed by atoms with van der Waals surface area (Å²) in [7, 11) is 0. The molecule has 134 valence electrons. The van der Waals surface area contributed by atoms with Gasteiger partial charge in [-0.05, 0) is 18.1 Å². The third kappa shape index (κ3) is 3.19. The van der Waals surface area contributed by atoms with E-state index in [1.165, 1.54) is 9.36 Å². The van der Waals surface area contributed by atoms with E-state index in [1.54, 1.807) is 18.5 Å². The molecule has 5 nitrogen and oxygen atoms in total. The topological polar surface area (TPSA) is 52.7 Å². The summed E-state index contributed by atoms with van der Waals surface area (Å²) < 4.78 is 2.79. The van der Waals surface area contributed by atoms with E-state index in [9.17, 15) is 4.79 Å². The zero-order chi connectivity index (χ0) is 18.6. The molecule has 0 bridgehead atoms. The maximum Gasteiger partial charge on any atom is 0.369 e. The van der Waals surface area contributed by atoms with Crippen LogP contribution in [0.2, 0.25) is 0 Å². The highest BCUT2D eigenvalue weighted by Crippen LogP contribution is 2.35. The van der Waals surface area contributed by atoms with Crippen LogP contribution in [0.3, 0.4) is 0 Å². The van der Waals surface area contributed by atoms with Crippen LogP contribution in [0.4, 0.5) is 4.79 Å². The molecule has 0 saturated heterocycles. The Labute approximate surface area is 157 Å². The molecule has 0 aliphatic carbocycles. The van der Waals surface area contributed by atoms with Crippen molar-refractivity contribution in [2.75, 3.05) is 0 Å². The first-order valence-electron chi connectivity index (χ1n) is 9.06. The molecule has 0 N–H and O–H groups in total. The van der Waals surface area contributed by atoms with Crippen LogP contribution in [0.15, 0.2) is 79.1 Å². The zero-order valence-corrected chi connectivity index (χ0v) is 15.1. The van der Waals surface area contributed by atoms with Crippen molar-refractivity contribution in [1.82, 2.24) is 19.6 Å². The lowest BCUT2D eigenvalue weighted by Gasteiger charge is -2.09. The summed E-state index contributed by atoms with van der Waals surface area (Å²) in [6.45, 7) is 2.12. The van der Waals surface area contributed by atoms with Gasteiger partial charge in [0, 0.05) is 23.5 Å². The van der Waals surface area contributed by atoms with E-state index < -0.39 is 0 Å². The van der Waals surface area contributed by atoms with Gasteiger partial charge in [0.2, 0.25) is 0 Å². The number of benzene rings is 2. The van der Waals surface area contributed by atoms with Gasteiger partial charge in [0.15, 0.2) is 0 Å². The minimum atomic E-state index is -0.293. The van der Waals surface area contributed by atoms with Gasteiger partial charge in [0.1, 0.15) is 0 Å². The van der Waals surface area contributed by atoms with Crippen LogP contribution in [-0.4, -0.2) is 25.6 Å². The molecule has 0 saturated carbocycles. The van der Waals surface area contributed by atoms with E-state index in [1.807, 2.05) is 48.5 Å². The van der Waals surface area contributed by atoms with Crippen molar-refractivity contribution in [3.8, 4) is 22.4 Å². The van der Waals surface area contributed by atoms with Gasteiger partial charge in [-0.1, -0.05) is 74.0 Å². The van der Waals surface area contributed by atoms with E-state index >= 15 is 0 Å². The maximum absolute atomic E-state index is 13.1. The van der Waals surface area contributed by atoms with Gasteiger partial charge in [-0.3, -0.25) is 0 Å². The fourth-order valence-corrected chi connectivity index (χ4v) is 3.26. The fourth-order valence-electron chi connectivity index (χ4n) is 3.26. The molecule has 0 aliphatic rings. The first-order chi connectivity index (χ1) is 13.3. The second kappa shape index (κ2) is 7.41. The molecule has 5 heteroatoms. The molecule has 0 unspecified atom stereocenters. The predicted octanol–water partition coefficient (Wildman–Crippen LogP) is 4.88. The van der Waals surface area contributed by atoms with E-state index in [-0.39, 0.29) is 6.03 Å². The van der Waals surface area contributed by atoms with Crippen LogP contribution in [0.5, 0.6) is 0 Å². The lowest BCUT2D eigenvalue weighted by Crippen LogP contribution is -2.22. The number of carbonyl (C=O) groups excluding carboxylic acids is 1. The van der Waals surface area contributed by atoms with E-state index in [0.717, 1.165) is 40.9 Å². The monoisotopic (exact) mass is 356 g/mol. The van der Waals surface area contributed by atoms with Crippen molar-refractivity contribution in [3.05, 3.63) is 84.8 Å². The number of aromatic nitrogens is 4. The smallest absolute Gasteiger partial charge is 0.244 e. The molecule has 27 heavy (non-hydrogen) atoms. The Morgan fingerprint density at radius 3 is 2.19 bits per heavy atom. The minimum absolute atomic E-state index is 0.293. The Balaban J connectivity index is 2.00. The molecule has 0 fully saturated rings. The summed E-state index contributed by atoms with van der Waals surface area (Å²) in [5.74, 6) is 0. The number of nitrogens with zero attached hydrogens (tertiary/aromatic N) is 4. The van der Waals surface area contributed by atoms with Crippen molar-refractivity contribution in [3.63, 3.8) is 0 Å². The SMILES string of the molecule is CCCc1nn(C(=O)n2cccn2)c(-c2ccccc2)c1-c1ccccc1. The first-order valence-corrected chi connectivity index (χ1v) is 9.06. The molecule has 4 rings (SSSR count). The molecule has 0 radical (unpaired) electrons. The van der Waals surface area contributed by atoms with E-state index in [2.05, 4.69) is 24.2 Å². The Morgan fingerprint density at radius 1 is 0.926 bits per heavy atom. The molecule has 2 aromatic carbocycles. The highest BCUT2D eigenvalue weighted by Gasteiger charge is 2.24. The van der Waals surface area contributed by atoms with Crippen molar-refractivity contribution in [2.45, 2.75) is 19.8 Å². The highest BCUT2D eigenvalue weighted by molar-refractivity contribution is 5.91. The summed E-state index contributed by atoms with van der Waals surface area (Å²) in [4.78, 5) is 13.1. The summed E-state index contributed by atoms with van der Waals surface area (Å²) in [5.41, 5.74) is 4.73. The lowest BCUT2D eigenvalue weighted by molar-refractivity contribution is 0.238. The molecular weight excluding hydrogens is 336 g/mol. The second-order valence-electron chi connectivity index (χ2n) is 6.30. The third-order valence-corrected chi connectivity index (χ3v) is 4.44. The molecule has 0 atom stereocenters. The standard InChI is InChI=1S/C22H20N4O/c1-2-10-19-20(17-11-5-3-6-12-17)21(18-13-7-4-8-14-18)26(24-19)22(27)25-16-9-15-23-25/h3-9,11-16H,2,10H2,1H3. The van der Waals surface area contributed by atoms with Crippen LogP contribution in [-0.2, 0) is 6.42 Å². The van der Waals surface area contributed by atoms with Gasteiger partial charge in [0.05, 0.1) is 11.4 Å². The van der Waals surface area contributed by atoms with Gasteiger partial charge in [-0.25, -0.2) is 4.79 Å². The van der Waals surface area contributed by atoms with Gasteiger partial charge >= 0.3 is 6.03 Å². The number of aryl methyl sites for hydroxylation is 1.